The first-order chi connectivity index (χ1) is 9.02. The average Bonchev–Trinajstić information content (AvgIpc) is 2.37. The molecule has 1 aromatic rings. The van der Waals surface area contributed by atoms with Gasteiger partial charge in [0, 0.05) is 24.3 Å². The highest BCUT2D eigenvalue weighted by atomic mass is 19.1. The molecule has 0 aromatic heterocycles. The minimum atomic E-state index is -0.362. The highest BCUT2D eigenvalue weighted by Crippen LogP contribution is 2.32. The van der Waals surface area contributed by atoms with Crippen LogP contribution in [0.25, 0.3) is 0 Å². The van der Waals surface area contributed by atoms with Crippen LogP contribution in [0.1, 0.15) is 44.2 Å². The molecule has 0 spiro atoms. The number of benzene rings is 1. The maximum absolute atomic E-state index is 14.0. The standard InChI is InChI=1S/C15H23FN2O/c1-10(17)15-11(16)6-5-8-13(15)18(2)12-7-3-4-9-14(12)19/h5-6,8,10,12,14,19H,3-4,7,9,17H2,1-2H3. The molecule has 1 aromatic carbocycles. The van der Waals surface area contributed by atoms with Crippen molar-refractivity contribution < 1.29 is 9.50 Å². The van der Waals surface area contributed by atoms with Crippen LogP contribution in [0.4, 0.5) is 10.1 Å². The van der Waals surface area contributed by atoms with Gasteiger partial charge in [-0.3, -0.25) is 0 Å². The lowest BCUT2D eigenvalue weighted by molar-refractivity contribution is 0.106. The average molecular weight is 266 g/mol. The molecular weight excluding hydrogens is 243 g/mol. The number of likely N-dealkylation sites (N-methyl/N-ethyl adjacent to an activating group) is 1. The quantitative estimate of drug-likeness (QED) is 0.884. The first-order valence-electron chi connectivity index (χ1n) is 6.97. The van der Waals surface area contributed by atoms with Crippen LogP contribution in [0.3, 0.4) is 0 Å². The fourth-order valence-electron chi connectivity index (χ4n) is 3.01. The third-order valence-electron chi connectivity index (χ3n) is 4.06. The van der Waals surface area contributed by atoms with Gasteiger partial charge in [0.1, 0.15) is 5.82 Å². The Labute approximate surface area is 114 Å². The fraction of sp³-hybridized carbons (Fsp3) is 0.600. The SMILES string of the molecule is CC(N)c1c(F)cccc1N(C)C1CCCCC1O. The van der Waals surface area contributed by atoms with Gasteiger partial charge in [-0.25, -0.2) is 4.39 Å². The minimum absolute atomic E-state index is 0.0491. The molecule has 2 rings (SSSR count). The van der Waals surface area contributed by atoms with Crippen LogP contribution < -0.4 is 10.6 Å². The van der Waals surface area contributed by atoms with E-state index in [2.05, 4.69) is 0 Å². The fourth-order valence-corrected chi connectivity index (χ4v) is 3.01. The Kier molecular flexibility index (Phi) is 4.42. The van der Waals surface area contributed by atoms with Crippen molar-refractivity contribution in [2.24, 2.45) is 5.73 Å². The molecule has 1 saturated carbocycles. The largest absolute Gasteiger partial charge is 0.391 e. The molecule has 19 heavy (non-hydrogen) atoms. The molecule has 3 unspecified atom stereocenters. The van der Waals surface area contributed by atoms with Crippen molar-refractivity contribution >= 4 is 5.69 Å². The highest BCUT2D eigenvalue weighted by molar-refractivity contribution is 5.56. The van der Waals surface area contributed by atoms with Crippen molar-refractivity contribution in [1.82, 2.24) is 0 Å². The van der Waals surface area contributed by atoms with E-state index in [9.17, 15) is 9.50 Å². The van der Waals surface area contributed by atoms with E-state index >= 15 is 0 Å². The van der Waals surface area contributed by atoms with Gasteiger partial charge in [0.2, 0.25) is 0 Å². The van der Waals surface area contributed by atoms with E-state index in [1.165, 1.54) is 6.07 Å². The van der Waals surface area contributed by atoms with Crippen molar-refractivity contribution in [3.8, 4) is 0 Å². The van der Waals surface area contributed by atoms with Crippen LogP contribution in [0.5, 0.6) is 0 Å². The predicted octanol–water partition coefficient (Wildman–Crippen LogP) is 2.59. The lowest BCUT2D eigenvalue weighted by atomic mass is 9.90. The molecule has 0 radical (unpaired) electrons. The summed E-state index contributed by atoms with van der Waals surface area (Å²) < 4.78 is 14.0. The summed E-state index contributed by atoms with van der Waals surface area (Å²) in [5.41, 5.74) is 7.21. The second-order valence-electron chi connectivity index (χ2n) is 5.49. The third kappa shape index (κ3) is 2.90. The molecule has 1 aliphatic carbocycles. The third-order valence-corrected chi connectivity index (χ3v) is 4.06. The number of aliphatic hydroxyl groups excluding tert-OH is 1. The Morgan fingerprint density at radius 1 is 1.37 bits per heavy atom. The van der Waals surface area contributed by atoms with Gasteiger partial charge in [0.15, 0.2) is 0 Å². The number of rotatable bonds is 3. The summed E-state index contributed by atoms with van der Waals surface area (Å²) in [7, 11) is 1.92. The van der Waals surface area contributed by atoms with Gasteiger partial charge in [0.05, 0.1) is 12.1 Å². The number of nitrogens with zero attached hydrogens (tertiary/aromatic N) is 1. The van der Waals surface area contributed by atoms with E-state index < -0.39 is 0 Å². The maximum atomic E-state index is 14.0. The summed E-state index contributed by atoms with van der Waals surface area (Å²) in [5.74, 6) is -0.273. The Balaban J connectivity index is 2.32. The Bertz CT molecular complexity index is 436. The number of hydrogen-bond donors (Lipinski definition) is 2. The van der Waals surface area contributed by atoms with Crippen molar-refractivity contribution in [3.63, 3.8) is 0 Å². The van der Waals surface area contributed by atoms with Crippen LogP contribution in [0, 0.1) is 5.82 Å². The van der Waals surface area contributed by atoms with E-state index in [1.807, 2.05) is 18.0 Å². The van der Waals surface area contributed by atoms with Crippen LogP contribution in [-0.4, -0.2) is 24.3 Å². The lowest BCUT2D eigenvalue weighted by Gasteiger charge is -2.38. The second-order valence-corrected chi connectivity index (χ2v) is 5.49. The predicted molar refractivity (Wildman–Crippen MR) is 75.7 cm³/mol. The molecule has 0 bridgehead atoms. The minimum Gasteiger partial charge on any atom is -0.391 e. The molecule has 106 valence electrons. The van der Waals surface area contributed by atoms with Crippen molar-refractivity contribution in [2.75, 3.05) is 11.9 Å². The van der Waals surface area contributed by atoms with E-state index in [0.717, 1.165) is 31.4 Å². The summed E-state index contributed by atoms with van der Waals surface area (Å²) >= 11 is 0. The number of nitrogens with two attached hydrogens (primary N) is 1. The van der Waals surface area contributed by atoms with Gasteiger partial charge in [-0.1, -0.05) is 18.9 Å². The van der Waals surface area contributed by atoms with Crippen molar-refractivity contribution in [2.45, 2.75) is 50.8 Å². The molecule has 0 heterocycles. The first-order valence-corrected chi connectivity index (χ1v) is 6.97. The highest BCUT2D eigenvalue weighted by Gasteiger charge is 2.28. The first kappa shape index (κ1) is 14.3. The topological polar surface area (TPSA) is 49.5 Å². The maximum Gasteiger partial charge on any atom is 0.130 e. The van der Waals surface area contributed by atoms with E-state index in [0.29, 0.717) is 5.56 Å². The van der Waals surface area contributed by atoms with E-state index in [-0.39, 0.29) is 24.0 Å². The van der Waals surface area contributed by atoms with Gasteiger partial charge in [-0.15, -0.1) is 0 Å². The zero-order chi connectivity index (χ0) is 14.0. The van der Waals surface area contributed by atoms with Gasteiger partial charge in [-0.2, -0.15) is 0 Å². The molecule has 0 amide bonds. The van der Waals surface area contributed by atoms with Crippen molar-refractivity contribution in [1.29, 1.82) is 0 Å². The molecule has 3 atom stereocenters. The van der Waals surface area contributed by atoms with Crippen LogP contribution >= 0.6 is 0 Å². The number of aliphatic hydroxyl groups is 1. The van der Waals surface area contributed by atoms with Gasteiger partial charge in [-0.05, 0) is 31.9 Å². The Morgan fingerprint density at radius 3 is 2.68 bits per heavy atom. The zero-order valence-corrected chi connectivity index (χ0v) is 11.6. The van der Waals surface area contributed by atoms with Gasteiger partial charge < -0.3 is 15.7 Å². The Morgan fingerprint density at radius 2 is 2.05 bits per heavy atom. The lowest BCUT2D eigenvalue weighted by Crippen LogP contribution is -2.44. The van der Waals surface area contributed by atoms with E-state index in [1.54, 1.807) is 13.0 Å². The number of halogens is 1. The number of anilines is 1. The molecule has 1 fully saturated rings. The second kappa shape index (κ2) is 5.88. The molecule has 3 N–H and O–H groups in total. The summed E-state index contributed by atoms with van der Waals surface area (Å²) in [4.78, 5) is 1.99. The summed E-state index contributed by atoms with van der Waals surface area (Å²) in [5, 5.41) is 10.1. The summed E-state index contributed by atoms with van der Waals surface area (Å²) in [6.45, 7) is 1.78. The summed E-state index contributed by atoms with van der Waals surface area (Å²) in [6, 6.07) is 4.70. The Hall–Kier alpha value is -1.13. The van der Waals surface area contributed by atoms with E-state index in [4.69, 9.17) is 5.73 Å². The van der Waals surface area contributed by atoms with Gasteiger partial charge in [0.25, 0.3) is 0 Å². The molecule has 0 saturated heterocycles. The molecular formula is C15H23FN2O. The van der Waals surface area contributed by atoms with Crippen molar-refractivity contribution in [3.05, 3.63) is 29.6 Å². The normalized spacial score (nSPS) is 25.1. The smallest absolute Gasteiger partial charge is 0.130 e. The van der Waals surface area contributed by atoms with Crippen LogP contribution in [0.2, 0.25) is 0 Å². The van der Waals surface area contributed by atoms with Gasteiger partial charge >= 0.3 is 0 Å². The summed E-state index contributed by atoms with van der Waals surface area (Å²) in [6.07, 6.45) is 3.58. The molecule has 3 nitrogen and oxygen atoms in total. The van der Waals surface area contributed by atoms with Crippen LogP contribution in [-0.2, 0) is 0 Å². The molecule has 0 aliphatic heterocycles. The molecule has 4 heteroatoms. The monoisotopic (exact) mass is 266 g/mol. The number of hydrogen-bond acceptors (Lipinski definition) is 3. The molecule has 1 aliphatic rings. The zero-order valence-electron chi connectivity index (χ0n) is 11.6. The van der Waals surface area contributed by atoms with Crippen LogP contribution in [0.15, 0.2) is 18.2 Å².